The molecule has 0 radical (unpaired) electrons. The average Bonchev–Trinajstić information content (AvgIpc) is 2.50. The predicted octanol–water partition coefficient (Wildman–Crippen LogP) is 6.11. The summed E-state index contributed by atoms with van der Waals surface area (Å²) in [5.74, 6) is 0.947. The quantitative estimate of drug-likeness (QED) is 0.733. The van der Waals surface area contributed by atoms with Crippen molar-refractivity contribution in [3.8, 4) is 0 Å². The number of anilines is 1. The van der Waals surface area contributed by atoms with Gasteiger partial charge in [-0.3, -0.25) is 0 Å². The molecule has 0 aliphatic carbocycles. The molecule has 0 amide bonds. The largest absolute Gasteiger partial charge is 0.362 e. The third-order valence-corrected chi connectivity index (χ3v) is 3.94. The molecule has 2 rings (SSSR count). The first kappa shape index (κ1) is 20.1. The van der Waals surface area contributed by atoms with E-state index in [2.05, 4.69) is 42.4 Å². The molecule has 1 aromatic carbocycles. The lowest BCUT2D eigenvalue weighted by molar-refractivity contribution is 0.623. The smallest absolute Gasteiger partial charge is 0.152 e. The second kappa shape index (κ2) is 8.76. The Balaban J connectivity index is 0.00000185. The minimum atomic E-state index is -0.191. The second-order valence-electron chi connectivity index (χ2n) is 6.27. The van der Waals surface area contributed by atoms with Gasteiger partial charge in [-0.15, -0.1) is 5.10 Å². The van der Waals surface area contributed by atoms with Crippen LogP contribution in [0.1, 0.15) is 76.0 Å². The molecule has 4 heteroatoms. The summed E-state index contributed by atoms with van der Waals surface area (Å²) >= 11 is 0. The first-order valence-electron chi connectivity index (χ1n) is 8.67. The van der Waals surface area contributed by atoms with E-state index in [1.54, 1.807) is 12.1 Å². The highest BCUT2D eigenvalue weighted by Gasteiger charge is 2.15. The molecule has 0 fully saturated rings. The van der Waals surface area contributed by atoms with Crippen molar-refractivity contribution < 1.29 is 5.82 Å². The van der Waals surface area contributed by atoms with Gasteiger partial charge in [-0.1, -0.05) is 27.7 Å². The number of halogens is 1. The average molecular weight is 333 g/mol. The lowest BCUT2D eigenvalue weighted by atomic mass is 9.96. The summed E-state index contributed by atoms with van der Waals surface area (Å²) in [6.07, 6.45) is 0. The molecule has 0 bridgehead atoms. The molecular formula is C20H32FN3. The van der Waals surface area contributed by atoms with Crippen LogP contribution >= 0.6 is 0 Å². The summed E-state index contributed by atoms with van der Waals surface area (Å²) in [6, 6.07) is 5.25. The molecule has 0 aliphatic heterocycles. The molecule has 0 unspecified atom stereocenters. The molecule has 2 aromatic rings. The van der Waals surface area contributed by atoms with Crippen LogP contribution in [0.25, 0.3) is 0 Å². The Morgan fingerprint density at radius 2 is 1.46 bits per heavy atom. The summed E-state index contributed by atoms with van der Waals surface area (Å²) in [7, 11) is 0. The van der Waals surface area contributed by atoms with E-state index in [1.165, 1.54) is 0 Å². The molecule has 1 N–H and O–H groups in total. The van der Waals surface area contributed by atoms with Crippen molar-refractivity contribution in [2.45, 2.75) is 67.3 Å². The standard InChI is InChI=1S/C18H24FN3.C2H6.H2/c1-10(2)16-9-13(5)18(22-21-16)20-14(6)17-11(3)7-15(19)8-12(17)4;1-2;/h7-10,14H,1-6H3,(H,20,22);1-2H3;1H/t14-;;/m0../s1. The number of rotatable bonds is 4. The van der Waals surface area contributed by atoms with Crippen molar-refractivity contribution in [1.82, 2.24) is 10.2 Å². The highest BCUT2D eigenvalue weighted by molar-refractivity contribution is 5.47. The summed E-state index contributed by atoms with van der Waals surface area (Å²) < 4.78 is 13.4. The summed E-state index contributed by atoms with van der Waals surface area (Å²) in [6.45, 7) is 16.2. The van der Waals surface area contributed by atoms with Gasteiger partial charge < -0.3 is 5.32 Å². The number of nitrogens with zero attached hydrogens (tertiary/aromatic N) is 2. The van der Waals surface area contributed by atoms with Gasteiger partial charge in [0.15, 0.2) is 5.82 Å². The molecule has 0 saturated carbocycles. The third-order valence-electron chi connectivity index (χ3n) is 3.94. The zero-order chi connectivity index (χ0) is 18.4. The van der Waals surface area contributed by atoms with Gasteiger partial charge >= 0.3 is 0 Å². The van der Waals surface area contributed by atoms with Crippen molar-refractivity contribution in [2.24, 2.45) is 0 Å². The highest BCUT2D eigenvalue weighted by atomic mass is 19.1. The van der Waals surface area contributed by atoms with Crippen LogP contribution in [0.15, 0.2) is 18.2 Å². The Hall–Kier alpha value is -1.97. The monoisotopic (exact) mass is 333 g/mol. The topological polar surface area (TPSA) is 37.8 Å². The Morgan fingerprint density at radius 3 is 1.92 bits per heavy atom. The van der Waals surface area contributed by atoms with E-state index in [4.69, 9.17) is 0 Å². The van der Waals surface area contributed by atoms with Crippen LogP contribution < -0.4 is 5.32 Å². The minimum absolute atomic E-state index is 0. The molecule has 0 saturated heterocycles. The number of hydrogen-bond donors (Lipinski definition) is 1. The number of nitrogens with one attached hydrogen (secondary N) is 1. The van der Waals surface area contributed by atoms with E-state index in [1.807, 2.05) is 34.6 Å². The van der Waals surface area contributed by atoms with Crippen LogP contribution in [-0.4, -0.2) is 10.2 Å². The van der Waals surface area contributed by atoms with Crippen LogP contribution in [0.2, 0.25) is 0 Å². The number of aryl methyl sites for hydroxylation is 3. The number of hydrogen-bond acceptors (Lipinski definition) is 3. The molecule has 1 heterocycles. The number of benzene rings is 1. The van der Waals surface area contributed by atoms with Gasteiger partial charge in [0.05, 0.1) is 11.7 Å². The summed E-state index contributed by atoms with van der Waals surface area (Å²) in [5.41, 5.74) is 5.06. The molecule has 0 spiro atoms. The maximum Gasteiger partial charge on any atom is 0.152 e. The minimum Gasteiger partial charge on any atom is -0.362 e. The first-order valence-corrected chi connectivity index (χ1v) is 8.67. The maximum absolute atomic E-state index is 13.4. The lowest BCUT2D eigenvalue weighted by Crippen LogP contribution is -2.13. The highest BCUT2D eigenvalue weighted by Crippen LogP contribution is 2.27. The van der Waals surface area contributed by atoms with Crippen LogP contribution in [-0.2, 0) is 0 Å². The molecule has 1 atom stereocenters. The molecule has 1 aromatic heterocycles. The van der Waals surface area contributed by atoms with Gasteiger partial charge in [0.2, 0.25) is 0 Å². The predicted molar refractivity (Wildman–Crippen MR) is 102 cm³/mol. The van der Waals surface area contributed by atoms with E-state index >= 15 is 0 Å². The molecule has 0 aliphatic rings. The van der Waals surface area contributed by atoms with Crippen molar-refractivity contribution in [3.05, 3.63) is 52.0 Å². The van der Waals surface area contributed by atoms with Gasteiger partial charge in [-0.2, -0.15) is 5.10 Å². The Kier molecular flexibility index (Phi) is 7.33. The van der Waals surface area contributed by atoms with Crippen molar-refractivity contribution in [3.63, 3.8) is 0 Å². The van der Waals surface area contributed by atoms with Gasteiger partial charge in [0.1, 0.15) is 5.82 Å². The van der Waals surface area contributed by atoms with Crippen LogP contribution in [0, 0.1) is 26.6 Å². The van der Waals surface area contributed by atoms with Crippen LogP contribution in [0.3, 0.4) is 0 Å². The Bertz CT molecular complexity index is 664. The zero-order valence-corrected chi connectivity index (χ0v) is 16.2. The van der Waals surface area contributed by atoms with Gasteiger partial charge in [-0.05, 0) is 74.1 Å². The van der Waals surface area contributed by atoms with Crippen LogP contribution in [0.4, 0.5) is 10.2 Å². The Labute approximate surface area is 147 Å². The fraction of sp³-hybridized carbons (Fsp3) is 0.500. The fourth-order valence-electron chi connectivity index (χ4n) is 2.81. The van der Waals surface area contributed by atoms with Gasteiger partial charge in [0.25, 0.3) is 0 Å². The van der Waals surface area contributed by atoms with Crippen LogP contribution in [0.5, 0.6) is 0 Å². The number of aromatic nitrogens is 2. The SMILES string of the molecule is CC.Cc1cc(C(C)C)nnc1N[C@@H](C)c1c(C)cc(F)cc1C.[HH]. The van der Waals surface area contributed by atoms with Crippen molar-refractivity contribution >= 4 is 5.82 Å². The maximum atomic E-state index is 13.4. The fourth-order valence-corrected chi connectivity index (χ4v) is 2.81. The molecule has 24 heavy (non-hydrogen) atoms. The Morgan fingerprint density at radius 1 is 0.917 bits per heavy atom. The summed E-state index contributed by atoms with van der Waals surface area (Å²) in [4.78, 5) is 0. The van der Waals surface area contributed by atoms with Crippen molar-refractivity contribution in [1.29, 1.82) is 0 Å². The van der Waals surface area contributed by atoms with E-state index in [9.17, 15) is 4.39 Å². The van der Waals surface area contributed by atoms with E-state index < -0.39 is 0 Å². The van der Waals surface area contributed by atoms with Gasteiger partial charge in [-0.25, -0.2) is 4.39 Å². The third kappa shape index (κ3) is 4.76. The molecular weight excluding hydrogens is 301 g/mol. The molecule has 134 valence electrons. The van der Waals surface area contributed by atoms with Crippen molar-refractivity contribution in [2.75, 3.05) is 5.32 Å². The summed E-state index contributed by atoms with van der Waals surface area (Å²) in [5, 5.41) is 12.0. The first-order chi connectivity index (χ1) is 11.3. The normalized spacial score (nSPS) is 11.8. The van der Waals surface area contributed by atoms with E-state index in [-0.39, 0.29) is 13.3 Å². The zero-order valence-electron chi connectivity index (χ0n) is 16.2. The van der Waals surface area contributed by atoms with Gasteiger partial charge in [0, 0.05) is 1.43 Å². The van der Waals surface area contributed by atoms with E-state index in [0.717, 1.165) is 33.8 Å². The second-order valence-corrected chi connectivity index (χ2v) is 6.27. The lowest BCUT2D eigenvalue weighted by Gasteiger charge is -2.21. The molecule has 3 nitrogen and oxygen atoms in total. The van der Waals surface area contributed by atoms with E-state index in [0.29, 0.717) is 5.92 Å².